The fourth-order valence-electron chi connectivity index (χ4n) is 4.80. The summed E-state index contributed by atoms with van der Waals surface area (Å²) in [5.41, 5.74) is -12.0. The molecule has 4 rings (SSSR count). The minimum absolute atomic E-state index is 0.0704. The Labute approximate surface area is 220 Å². The van der Waals surface area contributed by atoms with Gasteiger partial charge in [-0.05, 0) is 12.1 Å². The van der Waals surface area contributed by atoms with Crippen LogP contribution in [0.25, 0.3) is 0 Å². The zero-order valence-corrected chi connectivity index (χ0v) is 19.2. The first kappa shape index (κ1) is 30.7. The number of benzene rings is 4. The summed E-state index contributed by atoms with van der Waals surface area (Å²) in [6.07, 6.45) is -6.52. The molecule has 0 aliphatic rings. The highest BCUT2D eigenvalue weighted by Crippen LogP contribution is 2.29. The molecule has 4 aromatic carbocycles. The molecule has 0 aromatic heterocycles. The normalized spacial score (nSPS) is 11.9. The highest BCUT2D eigenvalue weighted by molar-refractivity contribution is 7.20. The van der Waals surface area contributed by atoms with Gasteiger partial charge in [0, 0.05) is 0 Å². The maximum absolute atomic E-state index is 15.3. The molecule has 18 heteroatoms. The van der Waals surface area contributed by atoms with Crippen LogP contribution >= 0.6 is 0 Å². The van der Waals surface area contributed by atoms with Crippen LogP contribution in [0.15, 0.2) is 18.2 Å². The molecule has 222 valence electrons. The highest BCUT2D eigenvalue weighted by atomic mass is 19.2. The van der Waals surface area contributed by atoms with Crippen molar-refractivity contribution in [1.29, 1.82) is 0 Å². The van der Waals surface area contributed by atoms with Crippen molar-refractivity contribution in [2.24, 2.45) is 0 Å². The summed E-state index contributed by atoms with van der Waals surface area (Å²) in [6.45, 7) is 0. The van der Waals surface area contributed by atoms with Crippen LogP contribution in [0, 0.1) is 98.9 Å². The fourth-order valence-corrected chi connectivity index (χ4v) is 4.80. The number of halogens is 17. The van der Waals surface area contributed by atoms with Crippen molar-refractivity contribution in [1.82, 2.24) is 0 Å². The van der Waals surface area contributed by atoms with Crippen molar-refractivity contribution in [3.05, 3.63) is 117 Å². The van der Waals surface area contributed by atoms with Gasteiger partial charge < -0.3 is 0 Å². The van der Waals surface area contributed by atoms with Gasteiger partial charge in [-0.3, -0.25) is 0 Å². The second-order valence-corrected chi connectivity index (χ2v) is 8.45. The third-order valence-corrected chi connectivity index (χ3v) is 6.46. The van der Waals surface area contributed by atoms with Gasteiger partial charge in [0.2, 0.25) is 0 Å². The van der Waals surface area contributed by atoms with E-state index in [1.807, 2.05) is 0 Å². The van der Waals surface area contributed by atoms with E-state index in [0.717, 1.165) is 0 Å². The molecule has 0 N–H and O–H groups in total. The molecule has 0 saturated heterocycles. The van der Waals surface area contributed by atoms with Crippen molar-refractivity contribution in [2.75, 3.05) is 0 Å². The lowest BCUT2D eigenvalue weighted by Gasteiger charge is -2.44. The van der Waals surface area contributed by atoms with Crippen LogP contribution in [-0.4, -0.2) is 6.15 Å². The van der Waals surface area contributed by atoms with Gasteiger partial charge in [0.25, 0.3) is 0 Å². The largest absolute Gasteiger partial charge is 0.210 e. The van der Waals surface area contributed by atoms with Crippen LogP contribution in [-0.2, 0) is 0 Å². The Kier molecular flexibility index (Phi) is 7.48. The van der Waals surface area contributed by atoms with E-state index in [4.69, 9.17) is 0 Å². The van der Waals surface area contributed by atoms with Crippen LogP contribution in [0.4, 0.5) is 74.6 Å². The third kappa shape index (κ3) is 3.86. The topological polar surface area (TPSA) is 0 Å². The number of rotatable bonds is 4. The average Bonchev–Trinajstić information content (AvgIpc) is 2.94. The van der Waals surface area contributed by atoms with Crippen molar-refractivity contribution in [2.45, 2.75) is 0 Å². The Morgan fingerprint density at radius 2 is 0.452 bits per heavy atom. The molecule has 42 heavy (non-hydrogen) atoms. The molecule has 4 aromatic rings. The first-order valence-electron chi connectivity index (χ1n) is 10.6. The monoisotopic (exact) mass is 625 g/mol. The summed E-state index contributed by atoms with van der Waals surface area (Å²) in [7, 11) is 0. The molecule has 0 amide bonds. The molecule has 0 saturated carbocycles. The van der Waals surface area contributed by atoms with Gasteiger partial charge in [-0.15, -0.1) is 21.9 Å². The molecule has 0 atom stereocenters. The summed E-state index contributed by atoms with van der Waals surface area (Å²) < 4.78 is 251. The van der Waals surface area contributed by atoms with Crippen molar-refractivity contribution >= 4 is 28.0 Å². The minimum Gasteiger partial charge on any atom is -0.210 e. The summed E-state index contributed by atoms with van der Waals surface area (Å²) in [6, 6.07) is 0.169. The lowest BCUT2D eigenvalue weighted by Crippen LogP contribution is -2.80. The molecule has 0 bridgehead atoms. The quantitative estimate of drug-likeness (QED) is 0.123. The Bertz CT molecular complexity index is 1540. The maximum atomic E-state index is 15.3. The lowest BCUT2D eigenvalue weighted by atomic mass is 9.12. The van der Waals surface area contributed by atoms with Gasteiger partial charge in [0.15, 0.2) is 52.4 Å². The highest BCUT2D eigenvalue weighted by Gasteiger charge is 2.51. The molecule has 0 aliphatic heterocycles. The zero-order valence-electron chi connectivity index (χ0n) is 19.2. The lowest BCUT2D eigenvalue weighted by molar-refractivity contribution is 0.379. The van der Waals surface area contributed by atoms with E-state index in [0.29, 0.717) is 6.07 Å². The number of hydrogen-bond acceptors (Lipinski definition) is 0. The minimum atomic E-state index is -6.52. The Balaban J connectivity index is 2.63. The molecule has 0 unspecified atom stereocenters. The van der Waals surface area contributed by atoms with Crippen LogP contribution in [0.2, 0.25) is 0 Å². The van der Waals surface area contributed by atoms with E-state index in [9.17, 15) is 39.5 Å². The van der Waals surface area contributed by atoms with Gasteiger partial charge in [-0.25, -0.2) is 74.6 Å². The average molecular weight is 625 g/mol. The summed E-state index contributed by atoms with van der Waals surface area (Å²) in [5, 5.41) is 0. The van der Waals surface area contributed by atoms with E-state index in [1.165, 1.54) is 0 Å². The van der Waals surface area contributed by atoms with E-state index in [1.54, 1.807) is 0 Å². The van der Waals surface area contributed by atoms with Crippen LogP contribution in [0.5, 0.6) is 0 Å². The van der Waals surface area contributed by atoms with Gasteiger partial charge in [-0.1, -0.05) is 6.07 Å². The van der Waals surface area contributed by atoms with Crippen LogP contribution < -0.4 is 21.9 Å². The Morgan fingerprint density at radius 1 is 0.262 bits per heavy atom. The molecule has 0 fully saturated rings. The van der Waals surface area contributed by atoms with Crippen molar-refractivity contribution < 1.29 is 74.6 Å². The fraction of sp³-hybridized carbons (Fsp3) is 0. The van der Waals surface area contributed by atoms with Crippen LogP contribution in [0.1, 0.15) is 0 Å². The van der Waals surface area contributed by atoms with Crippen molar-refractivity contribution in [3.8, 4) is 0 Å². The molecular formula is C24H3BF17-. The van der Waals surface area contributed by atoms with Gasteiger partial charge in [0.1, 0.15) is 41.0 Å². The summed E-state index contributed by atoms with van der Waals surface area (Å²) >= 11 is 0. The predicted molar refractivity (Wildman–Crippen MR) is 109 cm³/mol. The third-order valence-electron chi connectivity index (χ3n) is 6.46. The second kappa shape index (κ2) is 10.2. The number of hydrogen-bond donors (Lipinski definition) is 0. The summed E-state index contributed by atoms with van der Waals surface area (Å²) in [4.78, 5) is 0. The van der Waals surface area contributed by atoms with E-state index in [-0.39, 0.29) is 12.1 Å². The van der Waals surface area contributed by atoms with Gasteiger partial charge in [0.05, 0.1) is 11.6 Å². The molecule has 0 radical (unpaired) electrons. The predicted octanol–water partition coefficient (Wildman–Crippen LogP) is 5.43. The van der Waals surface area contributed by atoms with Gasteiger partial charge in [-0.2, -0.15) is 0 Å². The Hall–Kier alpha value is -4.25. The SMILES string of the molecule is Fc1cccc(F)c1[B-](c1c(F)c(F)c(F)c(F)c1F)(c1c(F)c(F)c(F)c(F)c1F)c1c(F)c(F)c(F)c(F)c1F. The molecular weight excluding hydrogens is 622 g/mol. The van der Waals surface area contributed by atoms with Gasteiger partial charge >= 0.3 is 0 Å². The standard InChI is InChI=1S/C24H3BF17/c26-4-2-1-3-5(27)6(4)25(7-10(28)16(34)22(40)17(35)11(7)29,8-12(30)18(36)23(41)19(37)13(8)31)9-14(32)20(38)24(42)21(39)15(9)33/h1-3H/q-1. The first-order chi connectivity index (χ1) is 19.5. The summed E-state index contributed by atoms with van der Waals surface area (Å²) in [5.74, 6) is -54.4. The van der Waals surface area contributed by atoms with Crippen LogP contribution in [0.3, 0.4) is 0 Å². The van der Waals surface area contributed by atoms with E-state index in [2.05, 4.69) is 0 Å². The maximum Gasteiger partial charge on any atom is 0.200 e. The van der Waals surface area contributed by atoms with E-state index >= 15 is 35.1 Å². The molecule has 0 aliphatic carbocycles. The zero-order chi connectivity index (χ0) is 31.7. The molecule has 0 nitrogen and oxygen atoms in total. The first-order valence-corrected chi connectivity index (χ1v) is 10.6. The second-order valence-electron chi connectivity index (χ2n) is 8.45. The Morgan fingerprint density at radius 3 is 0.667 bits per heavy atom. The molecule has 0 spiro atoms. The van der Waals surface area contributed by atoms with Crippen molar-refractivity contribution in [3.63, 3.8) is 0 Å². The smallest absolute Gasteiger partial charge is 0.200 e. The molecule has 0 heterocycles. The van der Waals surface area contributed by atoms with E-state index < -0.39 is 127 Å².